The van der Waals surface area contributed by atoms with Crippen molar-refractivity contribution >= 4 is 23.4 Å². The molecule has 1 amide bonds. The zero-order valence-corrected chi connectivity index (χ0v) is 18.1. The largest absolute Gasteiger partial charge is 0.493 e. The van der Waals surface area contributed by atoms with Gasteiger partial charge in [0.25, 0.3) is 0 Å². The van der Waals surface area contributed by atoms with Crippen LogP contribution in [0.3, 0.4) is 0 Å². The lowest BCUT2D eigenvalue weighted by Crippen LogP contribution is -2.30. The van der Waals surface area contributed by atoms with Crippen molar-refractivity contribution in [3.8, 4) is 11.5 Å². The molecule has 4 rings (SSSR count). The van der Waals surface area contributed by atoms with Crippen LogP contribution in [0.25, 0.3) is 0 Å². The molecule has 0 aliphatic carbocycles. The van der Waals surface area contributed by atoms with Gasteiger partial charge < -0.3 is 18.9 Å². The fourth-order valence-electron chi connectivity index (χ4n) is 3.43. The SMILES string of the molecule is COc1cc(C)ccc1OCc1nnc(SCC(=O)N2CCc3ccccc32)n1C. The topological polar surface area (TPSA) is 69.5 Å². The van der Waals surface area contributed by atoms with Gasteiger partial charge in [0, 0.05) is 19.3 Å². The van der Waals surface area contributed by atoms with Gasteiger partial charge >= 0.3 is 0 Å². The van der Waals surface area contributed by atoms with E-state index in [1.165, 1.54) is 17.3 Å². The number of nitrogens with zero attached hydrogens (tertiary/aromatic N) is 4. The highest BCUT2D eigenvalue weighted by Gasteiger charge is 2.24. The smallest absolute Gasteiger partial charge is 0.237 e. The van der Waals surface area contributed by atoms with E-state index in [0.29, 0.717) is 28.2 Å². The number of aryl methyl sites for hydroxylation is 1. The van der Waals surface area contributed by atoms with Crippen LogP contribution in [0.1, 0.15) is 17.0 Å². The number of fused-ring (bicyclic) bond motifs is 1. The summed E-state index contributed by atoms with van der Waals surface area (Å²) in [4.78, 5) is 14.6. The minimum Gasteiger partial charge on any atom is -0.493 e. The van der Waals surface area contributed by atoms with Gasteiger partial charge in [-0.05, 0) is 42.7 Å². The second-order valence-corrected chi connectivity index (χ2v) is 8.06. The number of hydrogen-bond donors (Lipinski definition) is 0. The summed E-state index contributed by atoms with van der Waals surface area (Å²) in [6.07, 6.45) is 0.903. The van der Waals surface area contributed by atoms with Crippen molar-refractivity contribution < 1.29 is 14.3 Å². The van der Waals surface area contributed by atoms with E-state index in [1.54, 1.807) is 7.11 Å². The molecule has 7 nitrogen and oxygen atoms in total. The van der Waals surface area contributed by atoms with Gasteiger partial charge in [0.05, 0.1) is 12.9 Å². The summed E-state index contributed by atoms with van der Waals surface area (Å²) in [6, 6.07) is 13.8. The highest BCUT2D eigenvalue weighted by molar-refractivity contribution is 7.99. The summed E-state index contributed by atoms with van der Waals surface area (Å²) in [5, 5.41) is 9.12. The molecule has 2 aromatic carbocycles. The Hall–Kier alpha value is -3.00. The van der Waals surface area contributed by atoms with Crippen molar-refractivity contribution in [1.82, 2.24) is 14.8 Å². The third kappa shape index (κ3) is 4.14. The first-order valence-corrected chi connectivity index (χ1v) is 10.7. The molecule has 0 radical (unpaired) electrons. The normalized spacial score (nSPS) is 12.7. The van der Waals surface area contributed by atoms with Crippen LogP contribution >= 0.6 is 11.8 Å². The first-order valence-electron chi connectivity index (χ1n) is 9.73. The molecule has 30 heavy (non-hydrogen) atoms. The van der Waals surface area contributed by atoms with E-state index < -0.39 is 0 Å². The number of amides is 1. The van der Waals surface area contributed by atoms with Crippen LogP contribution in [0.4, 0.5) is 5.69 Å². The summed E-state index contributed by atoms with van der Waals surface area (Å²) in [5.41, 5.74) is 3.34. The monoisotopic (exact) mass is 424 g/mol. The van der Waals surface area contributed by atoms with E-state index in [4.69, 9.17) is 9.47 Å². The van der Waals surface area contributed by atoms with E-state index in [1.807, 2.05) is 59.8 Å². The minimum atomic E-state index is 0.0788. The van der Waals surface area contributed by atoms with Gasteiger partial charge in [0.15, 0.2) is 22.5 Å². The Balaban J connectivity index is 1.36. The Bertz CT molecular complexity index is 1070. The zero-order chi connectivity index (χ0) is 21.1. The van der Waals surface area contributed by atoms with Crippen LogP contribution in [-0.4, -0.2) is 40.1 Å². The molecule has 156 valence electrons. The molecule has 0 atom stereocenters. The summed E-state index contributed by atoms with van der Waals surface area (Å²) in [7, 11) is 3.50. The number of para-hydroxylation sites is 1. The van der Waals surface area contributed by atoms with Gasteiger partial charge in [-0.1, -0.05) is 36.0 Å². The van der Waals surface area contributed by atoms with Gasteiger partial charge in [-0.25, -0.2) is 0 Å². The van der Waals surface area contributed by atoms with Crippen molar-refractivity contribution in [2.75, 3.05) is 24.3 Å². The predicted octanol–water partition coefficient (Wildman–Crippen LogP) is 3.39. The molecular formula is C22H24N4O3S. The molecule has 0 saturated carbocycles. The Morgan fingerprint density at radius 3 is 2.83 bits per heavy atom. The van der Waals surface area contributed by atoms with Crippen LogP contribution < -0.4 is 14.4 Å². The van der Waals surface area contributed by atoms with E-state index in [2.05, 4.69) is 16.3 Å². The van der Waals surface area contributed by atoms with Crippen molar-refractivity contribution in [2.24, 2.45) is 7.05 Å². The summed E-state index contributed by atoms with van der Waals surface area (Å²) < 4.78 is 13.1. The zero-order valence-electron chi connectivity index (χ0n) is 17.3. The van der Waals surface area contributed by atoms with Gasteiger partial charge in [-0.3, -0.25) is 4.79 Å². The number of aromatic nitrogens is 3. The molecule has 1 aromatic heterocycles. The molecule has 1 aliphatic heterocycles. The number of rotatable bonds is 7. The Morgan fingerprint density at radius 2 is 2.00 bits per heavy atom. The summed E-state index contributed by atoms with van der Waals surface area (Å²) in [6.45, 7) is 2.99. The predicted molar refractivity (Wildman–Crippen MR) is 116 cm³/mol. The molecule has 2 heterocycles. The molecular weight excluding hydrogens is 400 g/mol. The molecule has 0 N–H and O–H groups in total. The average Bonchev–Trinajstić information content (AvgIpc) is 3.34. The molecule has 0 saturated heterocycles. The number of methoxy groups -OCH3 is 1. The highest BCUT2D eigenvalue weighted by atomic mass is 32.2. The third-order valence-electron chi connectivity index (χ3n) is 5.11. The maximum Gasteiger partial charge on any atom is 0.237 e. The summed E-state index contributed by atoms with van der Waals surface area (Å²) in [5.74, 6) is 2.41. The fraction of sp³-hybridized carbons (Fsp3) is 0.318. The number of benzene rings is 2. The minimum absolute atomic E-state index is 0.0788. The summed E-state index contributed by atoms with van der Waals surface area (Å²) >= 11 is 1.39. The van der Waals surface area contributed by atoms with Crippen molar-refractivity contribution in [3.63, 3.8) is 0 Å². The highest BCUT2D eigenvalue weighted by Crippen LogP contribution is 2.30. The van der Waals surface area contributed by atoms with Crippen molar-refractivity contribution in [1.29, 1.82) is 0 Å². The molecule has 0 fully saturated rings. The number of carbonyl (C=O) groups is 1. The van der Waals surface area contributed by atoms with E-state index >= 15 is 0 Å². The van der Waals surface area contributed by atoms with Crippen molar-refractivity contribution in [2.45, 2.75) is 25.1 Å². The molecule has 1 aliphatic rings. The van der Waals surface area contributed by atoms with Crippen LogP contribution in [0, 0.1) is 6.92 Å². The van der Waals surface area contributed by atoms with Gasteiger partial charge in [0.2, 0.25) is 5.91 Å². The lowest BCUT2D eigenvalue weighted by Gasteiger charge is -2.16. The quantitative estimate of drug-likeness (QED) is 0.542. The molecule has 0 unspecified atom stereocenters. The van der Waals surface area contributed by atoms with E-state index in [0.717, 1.165) is 24.2 Å². The Labute approximate surface area is 180 Å². The second kappa shape index (κ2) is 8.79. The molecule has 8 heteroatoms. The van der Waals surface area contributed by atoms with Gasteiger partial charge in [-0.15, -0.1) is 10.2 Å². The lowest BCUT2D eigenvalue weighted by molar-refractivity contribution is -0.116. The van der Waals surface area contributed by atoms with Gasteiger partial charge in [-0.2, -0.15) is 0 Å². The maximum absolute atomic E-state index is 12.7. The third-order valence-corrected chi connectivity index (χ3v) is 6.12. The number of carbonyl (C=O) groups excluding carboxylic acids is 1. The number of ether oxygens (including phenoxy) is 2. The van der Waals surface area contributed by atoms with Gasteiger partial charge in [0.1, 0.15) is 6.61 Å². The molecule has 0 bridgehead atoms. The fourth-order valence-corrected chi connectivity index (χ4v) is 4.24. The van der Waals surface area contributed by atoms with Crippen LogP contribution in [-0.2, 0) is 24.9 Å². The molecule has 0 spiro atoms. The van der Waals surface area contributed by atoms with E-state index in [-0.39, 0.29) is 12.5 Å². The Kier molecular flexibility index (Phi) is 5.94. The second-order valence-electron chi connectivity index (χ2n) is 7.11. The standard InChI is InChI=1S/C22H24N4O3S/c1-15-8-9-18(19(12-15)28-3)29-13-20-23-24-22(25(20)2)30-14-21(27)26-11-10-16-6-4-5-7-17(16)26/h4-9,12H,10-11,13-14H2,1-3H3. The Morgan fingerprint density at radius 1 is 1.17 bits per heavy atom. The van der Waals surface area contributed by atoms with Crippen LogP contribution in [0.5, 0.6) is 11.5 Å². The average molecular weight is 425 g/mol. The van der Waals surface area contributed by atoms with E-state index in [9.17, 15) is 4.79 Å². The number of thioether (sulfide) groups is 1. The van der Waals surface area contributed by atoms with Crippen molar-refractivity contribution in [3.05, 3.63) is 59.4 Å². The van der Waals surface area contributed by atoms with Crippen LogP contribution in [0.2, 0.25) is 0 Å². The first-order chi connectivity index (χ1) is 14.6. The first kappa shape index (κ1) is 20.3. The maximum atomic E-state index is 12.7. The number of hydrogen-bond acceptors (Lipinski definition) is 6. The number of anilines is 1. The molecule has 3 aromatic rings. The van der Waals surface area contributed by atoms with Crippen LogP contribution in [0.15, 0.2) is 47.6 Å². The lowest BCUT2D eigenvalue weighted by atomic mass is 10.2.